The van der Waals surface area contributed by atoms with E-state index in [-0.39, 0.29) is 0 Å². The van der Waals surface area contributed by atoms with Crippen molar-refractivity contribution in [3.8, 4) is 0 Å². The van der Waals surface area contributed by atoms with Gasteiger partial charge in [0.2, 0.25) is 0 Å². The SMILES string of the molecule is CC1CCC(Cc2nn(C)c3ccccc23)(C(=O)O)C1. The fourth-order valence-corrected chi connectivity index (χ4v) is 3.56. The monoisotopic (exact) mass is 272 g/mol. The number of nitrogens with zero attached hydrogens (tertiary/aromatic N) is 2. The molecule has 4 nitrogen and oxygen atoms in total. The average molecular weight is 272 g/mol. The lowest BCUT2D eigenvalue weighted by atomic mass is 9.80. The number of hydrogen-bond acceptors (Lipinski definition) is 2. The van der Waals surface area contributed by atoms with Crippen molar-refractivity contribution >= 4 is 16.9 Å². The van der Waals surface area contributed by atoms with E-state index in [1.54, 1.807) is 0 Å². The average Bonchev–Trinajstić information content (AvgIpc) is 2.94. The summed E-state index contributed by atoms with van der Waals surface area (Å²) in [6, 6.07) is 8.03. The van der Waals surface area contributed by atoms with Crippen molar-refractivity contribution in [3.05, 3.63) is 30.0 Å². The highest BCUT2D eigenvalue weighted by atomic mass is 16.4. The quantitative estimate of drug-likeness (QED) is 0.934. The van der Waals surface area contributed by atoms with Crippen LogP contribution >= 0.6 is 0 Å². The Balaban J connectivity index is 2.02. The number of carboxylic acid groups (broad SMARTS) is 1. The Morgan fingerprint density at radius 3 is 2.90 bits per heavy atom. The van der Waals surface area contributed by atoms with Crippen LogP contribution in [0.4, 0.5) is 0 Å². The second-order valence-electron chi connectivity index (χ2n) is 6.20. The summed E-state index contributed by atoms with van der Waals surface area (Å²) in [7, 11) is 1.91. The summed E-state index contributed by atoms with van der Waals surface area (Å²) in [6.45, 7) is 2.14. The molecule has 1 saturated carbocycles. The van der Waals surface area contributed by atoms with Gasteiger partial charge < -0.3 is 5.11 Å². The van der Waals surface area contributed by atoms with Crippen molar-refractivity contribution in [1.29, 1.82) is 0 Å². The summed E-state index contributed by atoms with van der Waals surface area (Å²) >= 11 is 0. The molecule has 20 heavy (non-hydrogen) atoms. The lowest BCUT2D eigenvalue weighted by molar-refractivity contribution is -0.148. The number of para-hydroxylation sites is 1. The molecule has 1 aliphatic rings. The van der Waals surface area contributed by atoms with Gasteiger partial charge in [-0.3, -0.25) is 9.48 Å². The maximum absolute atomic E-state index is 11.8. The maximum atomic E-state index is 11.8. The van der Waals surface area contributed by atoms with Crippen LogP contribution < -0.4 is 0 Å². The fourth-order valence-electron chi connectivity index (χ4n) is 3.56. The number of carboxylic acids is 1. The minimum absolute atomic E-state index is 0.487. The largest absolute Gasteiger partial charge is 0.481 e. The Labute approximate surface area is 118 Å². The van der Waals surface area contributed by atoms with Crippen LogP contribution in [0.2, 0.25) is 0 Å². The summed E-state index contributed by atoms with van der Waals surface area (Å²) < 4.78 is 1.85. The molecule has 0 radical (unpaired) electrons. The zero-order valence-electron chi connectivity index (χ0n) is 12.0. The van der Waals surface area contributed by atoms with Crippen LogP contribution in [0, 0.1) is 11.3 Å². The van der Waals surface area contributed by atoms with Gasteiger partial charge in [0.25, 0.3) is 0 Å². The zero-order chi connectivity index (χ0) is 14.3. The van der Waals surface area contributed by atoms with Crippen molar-refractivity contribution in [1.82, 2.24) is 9.78 Å². The molecule has 1 aromatic carbocycles. The number of aromatic nitrogens is 2. The Morgan fingerprint density at radius 2 is 2.25 bits per heavy atom. The number of aliphatic carboxylic acids is 1. The number of benzene rings is 1. The van der Waals surface area contributed by atoms with Gasteiger partial charge in [0.05, 0.1) is 16.6 Å². The van der Waals surface area contributed by atoms with E-state index in [4.69, 9.17) is 0 Å². The highest BCUT2D eigenvalue weighted by Crippen LogP contribution is 2.44. The van der Waals surface area contributed by atoms with E-state index in [0.717, 1.165) is 35.9 Å². The predicted octanol–water partition coefficient (Wildman–Crippen LogP) is 3.01. The normalized spacial score (nSPS) is 26.2. The van der Waals surface area contributed by atoms with Gasteiger partial charge in [-0.2, -0.15) is 5.10 Å². The van der Waals surface area contributed by atoms with Crippen molar-refractivity contribution in [3.63, 3.8) is 0 Å². The standard InChI is InChI=1S/C16H20N2O2/c1-11-7-8-16(9-11,15(19)20)10-13-12-5-3-4-6-14(12)18(2)17-13/h3-6,11H,7-10H2,1-2H3,(H,19,20). The van der Waals surface area contributed by atoms with E-state index >= 15 is 0 Å². The predicted molar refractivity (Wildman–Crippen MR) is 77.5 cm³/mol. The van der Waals surface area contributed by atoms with Crippen LogP contribution in [0.15, 0.2) is 24.3 Å². The van der Waals surface area contributed by atoms with E-state index in [1.807, 2.05) is 36.0 Å². The molecule has 0 amide bonds. The first-order valence-electron chi connectivity index (χ1n) is 7.16. The van der Waals surface area contributed by atoms with Crippen molar-refractivity contribution in [2.45, 2.75) is 32.6 Å². The highest BCUT2D eigenvalue weighted by Gasteiger charge is 2.44. The van der Waals surface area contributed by atoms with Crippen LogP contribution in [0.3, 0.4) is 0 Å². The first kappa shape index (κ1) is 13.2. The first-order chi connectivity index (χ1) is 9.52. The fraction of sp³-hybridized carbons (Fsp3) is 0.500. The molecule has 4 heteroatoms. The van der Waals surface area contributed by atoms with Crippen LogP contribution in [0.1, 0.15) is 31.9 Å². The molecule has 1 heterocycles. The molecule has 1 aromatic heterocycles. The van der Waals surface area contributed by atoms with Crippen LogP contribution in [-0.4, -0.2) is 20.9 Å². The third-order valence-electron chi connectivity index (χ3n) is 4.65. The molecule has 106 valence electrons. The molecule has 1 fully saturated rings. The smallest absolute Gasteiger partial charge is 0.310 e. The van der Waals surface area contributed by atoms with Gasteiger partial charge in [-0.1, -0.05) is 25.1 Å². The third kappa shape index (κ3) is 1.99. The third-order valence-corrected chi connectivity index (χ3v) is 4.65. The summed E-state index contributed by atoms with van der Waals surface area (Å²) in [5.41, 5.74) is 1.35. The van der Waals surface area contributed by atoms with Crippen molar-refractivity contribution in [2.24, 2.45) is 18.4 Å². The van der Waals surface area contributed by atoms with E-state index in [1.165, 1.54) is 0 Å². The zero-order valence-corrected chi connectivity index (χ0v) is 12.0. The van der Waals surface area contributed by atoms with Gasteiger partial charge >= 0.3 is 5.97 Å². The number of carbonyl (C=O) groups is 1. The van der Waals surface area contributed by atoms with Crippen LogP contribution in [0.25, 0.3) is 10.9 Å². The van der Waals surface area contributed by atoms with E-state index in [0.29, 0.717) is 12.3 Å². The minimum Gasteiger partial charge on any atom is -0.481 e. The molecule has 2 atom stereocenters. The summed E-state index contributed by atoms with van der Waals surface area (Å²) in [4.78, 5) is 11.8. The van der Waals surface area contributed by atoms with E-state index in [2.05, 4.69) is 12.0 Å². The number of aryl methyl sites for hydroxylation is 1. The lowest BCUT2D eigenvalue weighted by Crippen LogP contribution is -2.31. The second kappa shape index (κ2) is 4.62. The Kier molecular flexibility index (Phi) is 3.04. The van der Waals surface area contributed by atoms with Gasteiger partial charge in [-0.25, -0.2) is 0 Å². The van der Waals surface area contributed by atoms with Gasteiger partial charge in [0, 0.05) is 18.9 Å². The molecule has 0 aliphatic heterocycles. The van der Waals surface area contributed by atoms with Crippen LogP contribution in [-0.2, 0) is 18.3 Å². The molecule has 1 aliphatic carbocycles. The molecule has 0 spiro atoms. The van der Waals surface area contributed by atoms with E-state index < -0.39 is 11.4 Å². The minimum atomic E-state index is -0.670. The van der Waals surface area contributed by atoms with Crippen LogP contribution in [0.5, 0.6) is 0 Å². The van der Waals surface area contributed by atoms with Gasteiger partial charge in [-0.15, -0.1) is 0 Å². The molecule has 0 saturated heterocycles. The summed E-state index contributed by atoms with van der Waals surface area (Å²) in [6.07, 6.45) is 3.05. The number of rotatable bonds is 3. The highest BCUT2D eigenvalue weighted by molar-refractivity contribution is 5.83. The molecular weight excluding hydrogens is 252 g/mol. The summed E-state index contributed by atoms with van der Waals surface area (Å²) in [5, 5.41) is 15.3. The van der Waals surface area contributed by atoms with Gasteiger partial charge in [0.1, 0.15) is 0 Å². The Hall–Kier alpha value is -1.84. The van der Waals surface area contributed by atoms with Gasteiger partial charge in [0.15, 0.2) is 0 Å². The first-order valence-corrected chi connectivity index (χ1v) is 7.16. The van der Waals surface area contributed by atoms with E-state index in [9.17, 15) is 9.90 Å². The molecular formula is C16H20N2O2. The molecule has 2 aromatic rings. The number of fused-ring (bicyclic) bond motifs is 1. The number of hydrogen-bond donors (Lipinski definition) is 1. The van der Waals surface area contributed by atoms with Crippen molar-refractivity contribution < 1.29 is 9.90 Å². The van der Waals surface area contributed by atoms with Crippen molar-refractivity contribution in [2.75, 3.05) is 0 Å². The topological polar surface area (TPSA) is 55.1 Å². The summed E-state index contributed by atoms with van der Waals surface area (Å²) in [5.74, 6) is -0.183. The molecule has 0 bridgehead atoms. The molecule has 3 rings (SSSR count). The second-order valence-corrected chi connectivity index (χ2v) is 6.20. The lowest BCUT2D eigenvalue weighted by Gasteiger charge is -2.23. The molecule has 1 N–H and O–H groups in total. The van der Waals surface area contributed by atoms with Gasteiger partial charge in [-0.05, 0) is 31.2 Å². The Morgan fingerprint density at radius 1 is 1.50 bits per heavy atom. The molecule has 2 unspecified atom stereocenters. The Bertz CT molecular complexity index is 662. The maximum Gasteiger partial charge on any atom is 0.310 e.